The molecule has 0 radical (unpaired) electrons. The number of aliphatic hydroxyl groups excluding tert-OH is 1. The van der Waals surface area contributed by atoms with Crippen LogP contribution in [0.5, 0.6) is 5.75 Å². The van der Waals surface area contributed by atoms with Gasteiger partial charge in [0.05, 0.1) is 26.4 Å². The fourth-order valence-corrected chi connectivity index (χ4v) is 3.42. The molecule has 0 heterocycles. The average molecular weight is 406 g/mol. The molecule has 4 atom stereocenters. The summed E-state index contributed by atoms with van der Waals surface area (Å²) < 4.78 is 10.9. The van der Waals surface area contributed by atoms with Gasteiger partial charge >= 0.3 is 0 Å². The van der Waals surface area contributed by atoms with Crippen LogP contribution in [-0.4, -0.2) is 49.3 Å². The molecule has 0 fully saturated rings. The maximum absolute atomic E-state index is 12.2. The summed E-state index contributed by atoms with van der Waals surface area (Å²) in [4.78, 5) is 14.0. The highest BCUT2D eigenvalue weighted by molar-refractivity contribution is 5.78. The minimum Gasteiger partial charge on any atom is -0.497 e. The first-order valence-electron chi connectivity index (χ1n) is 10.5. The number of allylic oxidation sites excluding steroid dienone is 1. The van der Waals surface area contributed by atoms with Crippen molar-refractivity contribution >= 4 is 5.91 Å². The van der Waals surface area contributed by atoms with Crippen molar-refractivity contribution in [3.8, 4) is 5.75 Å². The van der Waals surface area contributed by atoms with Crippen LogP contribution in [0.4, 0.5) is 0 Å². The summed E-state index contributed by atoms with van der Waals surface area (Å²) in [6.07, 6.45) is 2.30. The van der Waals surface area contributed by atoms with Crippen molar-refractivity contribution in [2.75, 3.05) is 27.3 Å². The smallest absolute Gasteiger partial charge is 0.225 e. The third kappa shape index (κ3) is 8.58. The number of carbonyl (C=O) groups is 1. The van der Waals surface area contributed by atoms with Crippen LogP contribution in [0, 0.1) is 17.8 Å². The van der Waals surface area contributed by atoms with Crippen LogP contribution in [0.2, 0.25) is 0 Å². The number of amides is 1. The second-order valence-electron chi connectivity index (χ2n) is 8.16. The predicted molar refractivity (Wildman–Crippen MR) is 118 cm³/mol. The lowest BCUT2D eigenvalue weighted by Gasteiger charge is -2.24. The standard InChI is InChI=1S/C24H39NO4/c1-8-25(6)24(27)19(4)14-17(2)13-18(3)23(26)20(5)15-29-16-21-9-11-22(28-7)12-10-21/h9-13,18-20,23,26H,8,14-16H2,1-7H3/b17-13-. The van der Waals surface area contributed by atoms with Gasteiger partial charge in [0.2, 0.25) is 5.91 Å². The number of aliphatic hydroxyl groups is 1. The molecule has 1 aromatic rings. The van der Waals surface area contributed by atoms with Crippen LogP contribution in [0.15, 0.2) is 35.9 Å². The first-order chi connectivity index (χ1) is 13.7. The molecule has 0 aliphatic carbocycles. The molecule has 1 rings (SSSR count). The van der Waals surface area contributed by atoms with Gasteiger partial charge in [0.1, 0.15) is 5.75 Å². The molecule has 1 amide bonds. The molecule has 0 aliphatic rings. The Balaban J connectivity index is 2.48. The second-order valence-corrected chi connectivity index (χ2v) is 8.16. The average Bonchev–Trinajstić information content (AvgIpc) is 2.71. The van der Waals surface area contributed by atoms with Crippen LogP contribution in [-0.2, 0) is 16.1 Å². The fraction of sp³-hybridized carbons (Fsp3) is 0.625. The van der Waals surface area contributed by atoms with Crippen molar-refractivity contribution in [2.24, 2.45) is 17.8 Å². The van der Waals surface area contributed by atoms with Crippen LogP contribution in [0.1, 0.15) is 46.6 Å². The third-order valence-electron chi connectivity index (χ3n) is 5.38. The summed E-state index contributed by atoms with van der Waals surface area (Å²) in [7, 11) is 3.48. The quantitative estimate of drug-likeness (QED) is 0.527. The largest absolute Gasteiger partial charge is 0.497 e. The molecule has 0 aromatic heterocycles. The van der Waals surface area contributed by atoms with Crippen molar-refractivity contribution < 1.29 is 19.4 Å². The molecule has 1 aromatic carbocycles. The molecule has 0 saturated carbocycles. The van der Waals surface area contributed by atoms with E-state index in [0.29, 0.717) is 19.6 Å². The van der Waals surface area contributed by atoms with Crippen LogP contribution < -0.4 is 4.74 Å². The zero-order chi connectivity index (χ0) is 22.0. The Morgan fingerprint density at radius 3 is 2.38 bits per heavy atom. The Morgan fingerprint density at radius 1 is 1.21 bits per heavy atom. The molecule has 0 aliphatic heterocycles. The molecule has 29 heavy (non-hydrogen) atoms. The van der Waals surface area contributed by atoms with Crippen LogP contribution >= 0.6 is 0 Å². The van der Waals surface area contributed by atoms with Crippen molar-refractivity contribution in [2.45, 2.75) is 53.8 Å². The first kappa shape index (κ1) is 25.2. The highest BCUT2D eigenvalue weighted by Crippen LogP contribution is 2.21. The summed E-state index contributed by atoms with van der Waals surface area (Å²) in [6, 6.07) is 7.79. The lowest BCUT2D eigenvalue weighted by Crippen LogP contribution is -2.31. The van der Waals surface area contributed by atoms with Crippen molar-refractivity contribution in [3.05, 3.63) is 41.5 Å². The van der Waals surface area contributed by atoms with Crippen LogP contribution in [0.25, 0.3) is 0 Å². The summed E-state index contributed by atoms with van der Waals surface area (Å²) in [5, 5.41) is 10.7. The zero-order valence-corrected chi connectivity index (χ0v) is 19.1. The van der Waals surface area contributed by atoms with Crippen molar-refractivity contribution in [1.82, 2.24) is 4.90 Å². The molecule has 164 valence electrons. The maximum Gasteiger partial charge on any atom is 0.225 e. The Kier molecular flexibility index (Phi) is 11.0. The van der Waals surface area contributed by atoms with E-state index in [2.05, 4.69) is 6.08 Å². The topological polar surface area (TPSA) is 59.0 Å². The van der Waals surface area contributed by atoms with Gasteiger partial charge in [0, 0.05) is 31.3 Å². The third-order valence-corrected chi connectivity index (χ3v) is 5.38. The zero-order valence-electron chi connectivity index (χ0n) is 19.1. The van der Waals surface area contributed by atoms with Gasteiger partial charge in [-0.1, -0.05) is 44.6 Å². The number of nitrogens with zero attached hydrogens (tertiary/aromatic N) is 1. The number of hydrogen-bond donors (Lipinski definition) is 1. The Morgan fingerprint density at radius 2 is 1.83 bits per heavy atom. The summed E-state index contributed by atoms with van der Waals surface area (Å²) in [6.45, 7) is 11.7. The van der Waals surface area contributed by atoms with Crippen molar-refractivity contribution in [3.63, 3.8) is 0 Å². The Bertz CT molecular complexity index is 641. The lowest BCUT2D eigenvalue weighted by molar-refractivity contribution is -0.133. The number of benzene rings is 1. The lowest BCUT2D eigenvalue weighted by atomic mass is 9.90. The first-order valence-corrected chi connectivity index (χ1v) is 10.5. The van der Waals surface area contributed by atoms with Gasteiger partial charge in [-0.15, -0.1) is 0 Å². The van der Waals surface area contributed by atoms with Gasteiger partial charge in [-0.3, -0.25) is 4.79 Å². The summed E-state index contributed by atoms with van der Waals surface area (Å²) in [5.41, 5.74) is 2.21. The number of rotatable bonds is 12. The molecule has 0 saturated heterocycles. The van der Waals surface area contributed by atoms with E-state index < -0.39 is 6.10 Å². The number of carbonyl (C=O) groups excluding carboxylic acids is 1. The minimum absolute atomic E-state index is 0.000734. The van der Waals surface area contributed by atoms with Gasteiger partial charge in [-0.2, -0.15) is 0 Å². The fourth-order valence-electron chi connectivity index (χ4n) is 3.42. The molecule has 4 unspecified atom stereocenters. The van der Waals surface area contributed by atoms with E-state index in [0.717, 1.165) is 23.4 Å². The molecular weight excluding hydrogens is 366 g/mol. The Labute approximate surface area is 176 Å². The molecule has 0 bridgehead atoms. The van der Waals surface area contributed by atoms with E-state index in [9.17, 15) is 9.90 Å². The normalized spacial score (nSPS) is 16.1. The number of ether oxygens (including phenoxy) is 2. The van der Waals surface area contributed by atoms with Gasteiger partial charge in [-0.25, -0.2) is 0 Å². The SMILES string of the molecule is CCN(C)C(=O)C(C)C/C(C)=C\C(C)C(O)C(C)COCc1ccc(OC)cc1. The molecular formula is C24H39NO4. The van der Waals surface area contributed by atoms with Gasteiger partial charge in [-0.05, 0) is 38.0 Å². The highest BCUT2D eigenvalue weighted by Gasteiger charge is 2.21. The molecule has 5 nitrogen and oxygen atoms in total. The predicted octanol–water partition coefficient (Wildman–Crippen LogP) is 4.30. The van der Waals surface area contributed by atoms with Gasteiger partial charge in [0.15, 0.2) is 0 Å². The Hall–Kier alpha value is -1.85. The summed E-state index contributed by atoms with van der Waals surface area (Å²) >= 11 is 0. The highest BCUT2D eigenvalue weighted by atomic mass is 16.5. The van der Waals surface area contributed by atoms with E-state index in [1.807, 2.05) is 65.9 Å². The molecule has 5 heteroatoms. The van der Waals surface area contributed by atoms with Gasteiger partial charge < -0.3 is 19.5 Å². The van der Waals surface area contributed by atoms with E-state index in [1.165, 1.54) is 0 Å². The van der Waals surface area contributed by atoms with E-state index >= 15 is 0 Å². The molecule has 0 spiro atoms. The van der Waals surface area contributed by atoms with E-state index in [-0.39, 0.29) is 23.7 Å². The molecule has 1 N–H and O–H groups in total. The summed E-state index contributed by atoms with van der Waals surface area (Å²) in [5.74, 6) is 0.948. The van der Waals surface area contributed by atoms with Crippen molar-refractivity contribution in [1.29, 1.82) is 0 Å². The number of hydrogen-bond acceptors (Lipinski definition) is 4. The number of methoxy groups -OCH3 is 1. The van der Waals surface area contributed by atoms with E-state index in [4.69, 9.17) is 9.47 Å². The van der Waals surface area contributed by atoms with E-state index in [1.54, 1.807) is 12.0 Å². The van der Waals surface area contributed by atoms with Gasteiger partial charge in [0.25, 0.3) is 0 Å². The van der Waals surface area contributed by atoms with Crippen LogP contribution in [0.3, 0.4) is 0 Å². The second kappa shape index (κ2) is 12.7. The minimum atomic E-state index is -0.495. The maximum atomic E-state index is 12.2. The monoisotopic (exact) mass is 405 g/mol.